The number of hydrogen-bond donors (Lipinski definition) is 2. The van der Waals surface area contributed by atoms with Crippen molar-refractivity contribution in [3.05, 3.63) is 11.9 Å². The monoisotopic (exact) mass is 250 g/mol. The predicted octanol–water partition coefficient (Wildman–Crippen LogP) is 1.70. The van der Waals surface area contributed by atoms with Crippen molar-refractivity contribution >= 4 is 11.6 Å². The Morgan fingerprint density at radius 1 is 1.61 bits per heavy atom. The third kappa shape index (κ3) is 2.66. The summed E-state index contributed by atoms with van der Waals surface area (Å²) in [4.78, 5) is 12.2. The second kappa shape index (κ2) is 5.42. The summed E-state index contributed by atoms with van der Waals surface area (Å²) in [6.07, 6.45) is 7.35. The molecule has 1 fully saturated rings. The number of nitrogens with two attached hydrogens (primary N) is 1. The van der Waals surface area contributed by atoms with Gasteiger partial charge in [0.2, 0.25) is 0 Å². The van der Waals surface area contributed by atoms with Gasteiger partial charge in [0.25, 0.3) is 5.91 Å². The largest absolute Gasteiger partial charge is 0.396 e. The van der Waals surface area contributed by atoms with Crippen LogP contribution in [-0.2, 0) is 7.05 Å². The molecule has 0 saturated heterocycles. The third-order valence-corrected chi connectivity index (χ3v) is 3.88. The zero-order valence-corrected chi connectivity index (χ0v) is 11.1. The van der Waals surface area contributed by atoms with Gasteiger partial charge in [0, 0.05) is 13.1 Å². The number of rotatable bonds is 3. The number of hydrogen-bond acceptors (Lipinski definition) is 3. The van der Waals surface area contributed by atoms with Crippen LogP contribution in [0.5, 0.6) is 0 Å². The fraction of sp³-hybridized carbons (Fsp3) is 0.692. The van der Waals surface area contributed by atoms with Gasteiger partial charge in [-0.15, -0.1) is 0 Å². The van der Waals surface area contributed by atoms with Crippen molar-refractivity contribution in [1.29, 1.82) is 0 Å². The summed E-state index contributed by atoms with van der Waals surface area (Å²) in [5, 5.41) is 7.08. The first-order valence-corrected chi connectivity index (χ1v) is 6.70. The van der Waals surface area contributed by atoms with Crippen molar-refractivity contribution in [3.8, 4) is 0 Å². The molecule has 1 aliphatic carbocycles. The Balaban J connectivity index is 1.99. The standard InChI is InChI=1S/C13H22N4O/c1-3-9-5-4-6-10(7-9)16-13(18)12-11(14)8-15-17(12)2/h8-10H,3-7,14H2,1-2H3,(H,16,18). The molecular formula is C13H22N4O. The molecular weight excluding hydrogens is 228 g/mol. The molecule has 1 aromatic heterocycles. The molecule has 1 amide bonds. The molecule has 2 atom stereocenters. The molecule has 0 radical (unpaired) electrons. The van der Waals surface area contributed by atoms with Crippen LogP contribution in [-0.4, -0.2) is 21.7 Å². The Bertz CT molecular complexity index is 407. The van der Waals surface area contributed by atoms with Crippen LogP contribution in [0.15, 0.2) is 6.20 Å². The van der Waals surface area contributed by atoms with E-state index in [9.17, 15) is 4.79 Å². The molecule has 1 aromatic rings. The van der Waals surface area contributed by atoms with E-state index in [1.54, 1.807) is 7.05 Å². The lowest BCUT2D eigenvalue weighted by atomic mass is 9.84. The topological polar surface area (TPSA) is 72.9 Å². The van der Waals surface area contributed by atoms with Gasteiger partial charge in [0.15, 0.2) is 0 Å². The SMILES string of the molecule is CCC1CCCC(NC(=O)c2c(N)cnn2C)C1. The number of nitrogen functional groups attached to an aromatic ring is 1. The fourth-order valence-electron chi connectivity index (χ4n) is 2.78. The van der Waals surface area contributed by atoms with E-state index in [1.165, 1.54) is 30.1 Å². The molecule has 1 saturated carbocycles. The lowest BCUT2D eigenvalue weighted by Crippen LogP contribution is -2.39. The van der Waals surface area contributed by atoms with Gasteiger partial charge in [-0.2, -0.15) is 5.10 Å². The summed E-state index contributed by atoms with van der Waals surface area (Å²) in [7, 11) is 1.74. The first-order valence-electron chi connectivity index (χ1n) is 6.70. The normalized spacial score (nSPS) is 23.9. The van der Waals surface area contributed by atoms with Crippen molar-refractivity contribution in [2.75, 3.05) is 5.73 Å². The van der Waals surface area contributed by atoms with Crippen LogP contribution in [0.25, 0.3) is 0 Å². The Hall–Kier alpha value is -1.52. The molecule has 1 aliphatic rings. The molecule has 0 spiro atoms. The highest BCUT2D eigenvalue weighted by molar-refractivity contribution is 5.97. The number of nitrogens with zero attached hydrogens (tertiary/aromatic N) is 2. The maximum Gasteiger partial charge on any atom is 0.271 e. The Morgan fingerprint density at radius 2 is 2.39 bits per heavy atom. The summed E-state index contributed by atoms with van der Waals surface area (Å²) >= 11 is 0. The number of anilines is 1. The van der Waals surface area contributed by atoms with Crippen LogP contribution in [0.1, 0.15) is 49.5 Å². The molecule has 5 nitrogen and oxygen atoms in total. The molecule has 2 rings (SSSR count). The lowest BCUT2D eigenvalue weighted by Gasteiger charge is -2.29. The Labute approximate surface area is 108 Å². The number of aromatic nitrogens is 2. The number of aryl methyl sites for hydroxylation is 1. The summed E-state index contributed by atoms with van der Waals surface area (Å²) < 4.78 is 1.53. The van der Waals surface area contributed by atoms with Gasteiger partial charge in [-0.1, -0.05) is 26.2 Å². The van der Waals surface area contributed by atoms with Gasteiger partial charge in [0.05, 0.1) is 11.9 Å². The van der Waals surface area contributed by atoms with Crippen molar-refractivity contribution in [2.24, 2.45) is 13.0 Å². The van der Waals surface area contributed by atoms with Crippen molar-refractivity contribution < 1.29 is 4.79 Å². The van der Waals surface area contributed by atoms with E-state index < -0.39 is 0 Å². The highest BCUT2D eigenvalue weighted by Crippen LogP contribution is 2.26. The van der Waals surface area contributed by atoms with Gasteiger partial charge in [-0.05, 0) is 18.8 Å². The summed E-state index contributed by atoms with van der Waals surface area (Å²) in [5.74, 6) is 0.641. The number of carbonyl (C=O) groups is 1. The summed E-state index contributed by atoms with van der Waals surface area (Å²) in [5.41, 5.74) is 6.67. The van der Waals surface area contributed by atoms with Crippen LogP contribution in [0.3, 0.4) is 0 Å². The molecule has 1 heterocycles. The summed E-state index contributed by atoms with van der Waals surface area (Å²) in [6.45, 7) is 2.22. The second-order valence-electron chi connectivity index (χ2n) is 5.18. The third-order valence-electron chi connectivity index (χ3n) is 3.88. The first kappa shape index (κ1) is 12.9. The van der Waals surface area contributed by atoms with Crippen molar-refractivity contribution in [1.82, 2.24) is 15.1 Å². The first-order chi connectivity index (χ1) is 8.61. The fourth-order valence-corrected chi connectivity index (χ4v) is 2.78. The quantitative estimate of drug-likeness (QED) is 0.857. The van der Waals surface area contributed by atoms with Gasteiger partial charge < -0.3 is 11.1 Å². The highest BCUT2D eigenvalue weighted by atomic mass is 16.2. The molecule has 0 aromatic carbocycles. The number of amides is 1. The Morgan fingerprint density at radius 3 is 3.00 bits per heavy atom. The van der Waals surface area contributed by atoms with Crippen LogP contribution in [0, 0.1) is 5.92 Å². The van der Waals surface area contributed by atoms with E-state index in [1.807, 2.05) is 0 Å². The minimum atomic E-state index is -0.103. The second-order valence-corrected chi connectivity index (χ2v) is 5.18. The molecule has 5 heteroatoms. The zero-order valence-electron chi connectivity index (χ0n) is 11.1. The number of nitrogens with one attached hydrogen (secondary N) is 1. The van der Waals surface area contributed by atoms with E-state index in [-0.39, 0.29) is 11.9 Å². The minimum absolute atomic E-state index is 0.103. The van der Waals surface area contributed by atoms with Crippen LogP contribution in [0.4, 0.5) is 5.69 Å². The van der Waals surface area contributed by atoms with Gasteiger partial charge in [0.1, 0.15) is 5.69 Å². The highest BCUT2D eigenvalue weighted by Gasteiger charge is 2.24. The van der Waals surface area contributed by atoms with E-state index in [0.717, 1.165) is 18.8 Å². The molecule has 18 heavy (non-hydrogen) atoms. The minimum Gasteiger partial charge on any atom is -0.396 e. The smallest absolute Gasteiger partial charge is 0.271 e. The zero-order chi connectivity index (χ0) is 13.1. The average Bonchev–Trinajstić information content (AvgIpc) is 2.69. The maximum absolute atomic E-state index is 12.2. The van der Waals surface area contributed by atoms with Crippen molar-refractivity contribution in [2.45, 2.75) is 45.1 Å². The van der Waals surface area contributed by atoms with Crippen LogP contribution in [0.2, 0.25) is 0 Å². The number of carbonyl (C=O) groups excluding carboxylic acids is 1. The van der Waals surface area contributed by atoms with Gasteiger partial charge in [-0.25, -0.2) is 0 Å². The summed E-state index contributed by atoms with van der Waals surface area (Å²) in [6, 6.07) is 0.283. The molecule has 3 N–H and O–H groups in total. The lowest BCUT2D eigenvalue weighted by molar-refractivity contribution is 0.0910. The van der Waals surface area contributed by atoms with E-state index in [4.69, 9.17) is 5.73 Å². The van der Waals surface area contributed by atoms with Crippen LogP contribution < -0.4 is 11.1 Å². The molecule has 0 aliphatic heterocycles. The van der Waals surface area contributed by atoms with Gasteiger partial charge >= 0.3 is 0 Å². The van der Waals surface area contributed by atoms with E-state index in [0.29, 0.717) is 11.4 Å². The Kier molecular flexibility index (Phi) is 3.89. The van der Waals surface area contributed by atoms with Crippen LogP contribution >= 0.6 is 0 Å². The molecule has 2 unspecified atom stereocenters. The molecule has 0 bridgehead atoms. The van der Waals surface area contributed by atoms with E-state index in [2.05, 4.69) is 17.3 Å². The van der Waals surface area contributed by atoms with Crippen molar-refractivity contribution in [3.63, 3.8) is 0 Å². The van der Waals surface area contributed by atoms with E-state index >= 15 is 0 Å². The average molecular weight is 250 g/mol. The maximum atomic E-state index is 12.2. The predicted molar refractivity (Wildman–Crippen MR) is 71.1 cm³/mol. The van der Waals surface area contributed by atoms with Gasteiger partial charge in [-0.3, -0.25) is 9.48 Å². The molecule has 100 valence electrons.